The van der Waals surface area contributed by atoms with E-state index in [1.807, 2.05) is 0 Å². The third-order valence-corrected chi connectivity index (χ3v) is 3.04. The summed E-state index contributed by atoms with van der Waals surface area (Å²) in [4.78, 5) is 22.6. The molecule has 0 aromatic heterocycles. The van der Waals surface area contributed by atoms with Gasteiger partial charge in [-0.1, -0.05) is 19.3 Å². The van der Waals surface area contributed by atoms with E-state index in [9.17, 15) is 9.59 Å². The van der Waals surface area contributed by atoms with Crippen molar-refractivity contribution in [1.29, 1.82) is 0 Å². The van der Waals surface area contributed by atoms with E-state index in [4.69, 9.17) is 4.74 Å². The highest BCUT2D eigenvalue weighted by molar-refractivity contribution is 6.05. The Morgan fingerprint density at radius 1 is 1.08 bits per heavy atom. The van der Waals surface area contributed by atoms with E-state index in [0.717, 1.165) is 25.7 Å². The lowest BCUT2D eigenvalue weighted by Gasteiger charge is -2.38. The minimum Gasteiger partial charge on any atom is -0.359 e. The van der Waals surface area contributed by atoms with E-state index in [-0.39, 0.29) is 24.6 Å². The molecular formula is C10H14O3. The summed E-state index contributed by atoms with van der Waals surface area (Å²) in [6.07, 6.45) is 5.03. The molecule has 13 heavy (non-hydrogen) atoms. The Morgan fingerprint density at radius 3 is 2.38 bits per heavy atom. The summed E-state index contributed by atoms with van der Waals surface area (Å²) in [6.45, 7) is 0.145. The number of carbonyl (C=O) groups is 2. The Labute approximate surface area is 77.4 Å². The molecule has 1 saturated carbocycles. The van der Waals surface area contributed by atoms with Crippen LogP contribution >= 0.6 is 0 Å². The standard InChI is InChI=1S/C10H14O3/c11-8-6-9(12)10(13-7-8)4-2-1-3-5-10/h1-7H2. The summed E-state index contributed by atoms with van der Waals surface area (Å²) in [6, 6.07) is 0. The van der Waals surface area contributed by atoms with Crippen molar-refractivity contribution in [2.45, 2.75) is 44.1 Å². The summed E-state index contributed by atoms with van der Waals surface area (Å²) in [5, 5.41) is 0. The van der Waals surface area contributed by atoms with Gasteiger partial charge >= 0.3 is 0 Å². The van der Waals surface area contributed by atoms with Gasteiger partial charge in [0, 0.05) is 0 Å². The summed E-state index contributed by atoms with van der Waals surface area (Å²) in [5.41, 5.74) is -0.563. The van der Waals surface area contributed by atoms with E-state index in [2.05, 4.69) is 0 Å². The first kappa shape index (κ1) is 8.88. The smallest absolute Gasteiger partial charge is 0.172 e. The summed E-state index contributed by atoms with van der Waals surface area (Å²) in [5.74, 6) is -0.0513. The second kappa shape index (κ2) is 3.22. The highest BCUT2D eigenvalue weighted by atomic mass is 16.5. The molecule has 1 spiro atoms. The monoisotopic (exact) mass is 182 g/mol. The zero-order chi connectivity index (χ0) is 9.31. The maximum Gasteiger partial charge on any atom is 0.172 e. The van der Waals surface area contributed by atoms with Gasteiger partial charge in [0.2, 0.25) is 0 Å². The zero-order valence-electron chi connectivity index (χ0n) is 7.67. The summed E-state index contributed by atoms with van der Waals surface area (Å²) in [7, 11) is 0. The summed E-state index contributed by atoms with van der Waals surface area (Å²) < 4.78 is 5.43. The highest BCUT2D eigenvalue weighted by Gasteiger charge is 2.44. The van der Waals surface area contributed by atoms with Crippen molar-refractivity contribution in [2.24, 2.45) is 0 Å². The molecule has 2 fully saturated rings. The van der Waals surface area contributed by atoms with Crippen LogP contribution in [0.4, 0.5) is 0 Å². The van der Waals surface area contributed by atoms with Crippen LogP contribution in [0.15, 0.2) is 0 Å². The lowest BCUT2D eigenvalue weighted by Crippen LogP contribution is -2.49. The molecule has 0 amide bonds. The van der Waals surface area contributed by atoms with Crippen LogP contribution in [0.3, 0.4) is 0 Å². The third-order valence-electron chi connectivity index (χ3n) is 3.04. The van der Waals surface area contributed by atoms with Crippen molar-refractivity contribution in [1.82, 2.24) is 0 Å². The summed E-state index contributed by atoms with van der Waals surface area (Å²) >= 11 is 0. The van der Waals surface area contributed by atoms with Crippen LogP contribution in [0.25, 0.3) is 0 Å². The van der Waals surface area contributed by atoms with Crippen molar-refractivity contribution in [3.63, 3.8) is 0 Å². The average molecular weight is 182 g/mol. The first-order valence-electron chi connectivity index (χ1n) is 4.92. The maximum atomic E-state index is 11.6. The Balaban J connectivity index is 2.12. The van der Waals surface area contributed by atoms with Crippen molar-refractivity contribution in [3.8, 4) is 0 Å². The molecule has 0 aromatic rings. The highest BCUT2D eigenvalue weighted by Crippen LogP contribution is 2.35. The number of rotatable bonds is 0. The molecule has 1 saturated heterocycles. The quantitative estimate of drug-likeness (QED) is 0.529. The van der Waals surface area contributed by atoms with Crippen molar-refractivity contribution < 1.29 is 14.3 Å². The molecule has 72 valence electrons. The number of hydrogen-bond acceptors (Lipinski definition) is 3. The van der Waals surface area contributed by atoms with E-state index >= 15 is 0 Å². The predicted octanol–water partition coefficient (Wildman–Crippen LogP) is 1.25. The Morgan fingerprint density at radius 2 is 1.77 bits per heavy atom. The van der Waals surface area contributed by atoms with Crippen LogP contribution in [0.1, 0.15) is 38.5 Å². The molecule has 1 aliphatic heterocycles. The Kier molecular flexibility index (Phi) is 2.20. The number of Topliss-reactive ketones (excluding diaryl/α,β-unsaturated/α-hetero) is 2. The zero-order valence-corrected chi connectivity index (χ0v) is 7.67. The Hall–Kier alpha value is -0.700. The minimum atomic E-state index is -0.563. The van der Waals surface area contributed by atoms with Gasteiger partial charge in [-0.25, -0.2) is 0 Å². The Bertz CT molecular complexity index is 239. The van der Waals surface area contributed by atoms with Crippen LogP contribution in [-0.2, 0) is 14.3 Å². The van der Waals surface area contributed by atoms with Gasteiger partial charge in [0.25, 0.3) is 0 Å². The molecule has 0 N–H and O–H groups in total. The van der Waals surface area contributed by atoms with Crippen LogP contribution in [0.2, 0.25) is 0 Å². The molecule has 0 aromatic carbocycles. The SMILES string of the molecule is O=C1COC2(CCCCC2)C(=O)C1. The van der Waals surface area contributed by atoms with Crippen LogP contribution in [0, 0.1) is 0 Å². The fourth-order valence-electron chi connectivity index (χ4n) is 2.24. The first-order valence-corrected chi connectivity index (χ1v) is 4.92. The molecule has 0 radical (unpaired) electrons. The average Bonchev–Trinajstić information content (AvgIpc) is 2.14. The fourth-order valence-corrected chi connectivity index (χ4v) is 2.24. The predicted molar refractivity (Wildman–Crippen MR) is 46.4 cm³/mol. The molecule has 0 unspecified atom stereocenters. The van der Waals surface area contributed by atoms with E-state index in [1.54, 1.807) is 0 Å². The fraction of sp³-hybridized carbons (Fsp3) is 0.800. The van der Waals surface area contributed by atoms with Crippen LogP contribution in [0.5, 0.6) is 0 Å². The second-order valence-electron chi connectivity index (χ2n) is 3.98. The topological polar surface area (TPSA) is 43.4 Å². The lowest BCUT2D eigenvalue weighted by molar-refractivity contribution is -0.164. The van der Waals surface area contributed by atoms with Gasteiger partial charge in [0.05, 0.1) is 6.42 Å². The van der Waals surface area contributed by atoms with Gasteiger partial charge in [0.15, 0.2) is 11.6 Å². The van der Waals surface area contributed by atoms with Crippen molar-refractivity contribution >= 4 is 11.6 Å². The van der Waals surface area contributed by atoms with E-state index in [1.165, 1.54) is 6.42 Å². The molecule has 2 aliphatic rings. The molecule has 1 heterocycles. The number of ether oxygens (including phenoxy) is 1. The molecule has 3 heteroatoms. The molecule has 2 rings (SSSR count). The van der Waals surface area contributed by atoms with Crippen LogP contribution < -0.4 is 0 Å². The minimum absolute atomic E-state index is 0.0171. The van der Waals surface area contributed by atoms with Crippen molar-refractivity contribution in [3.05, 3.63) is 0 Å². The van der Waals surface area contributed by atoms with Gasteiger partial charge in [-0.15, -0.1) is 0 Å². The molecule has 0 atom stereocenters. The van der Waals surface area contributed by atoms with Crippen LogP contribution in [-0.4, -0.2) is 23.8 Å². The van der Waals surface area contributed by atoms with Gasteiger partial charge in [-0.2, -0.15) is 0 Å². The van der Waals surface area contributed by atoms with Crippen molar-refractivity contribution in [2.75, 3.05) is 6.61 Å². The first-order chi connectivity index (χ1) is 6.23. The van der Waals surface area contributed by atoms with Gasteiger partial charge in [-0.3, -0.25) is 9.59 Å². The second-order valence-corrected chi connectivity index (χ2v) is 3.98. The van der Waals surface area contributed by atoms with E-state index in [0.29, 0.717) is 0 Å². The normalized spacial score (nSPS) is 28.0. The largest absolute Gasteiger partial charge is 0.359 e. The van der Waals surface area contributed by atoms with E-state index < -0.39 is 5.60 Å². The van der Waals surface area contributed by atoms with Gasteiger partial charge in [-0.05, 0) is 12.8 Å². The lowest BCUT2D eigenvalue weighted by atomic mass is 9.79. The van der Waals surface area contributed by atoms with Gasteiger partial charge in [0.1, 0.15) is 12.2 Å². The molecule has 0 bridgehead atoms. The third kappa shape index (κ3) is 1.53. The maximum absolute atomic E-state index is 11.6. The molecular weight excluding hydrogens is 168 g/mol. The number of hydrogen-bond donors (Lipinski definition) is 0. The molecule has 3 nitrogen and oxygen atoms in total. The number of ketones is 2. The molecule has 1 aliphatic carbocycles. The van der Waals surface area contributed by atoms with Gasteiger partial charge < -0.3 is 4.74 Å². The number of carbonyl (C=O) groups excluding carboxylic acids is 2.